The number of hydrogen-bond donors (Lipinski definition) is 2. The molecule has 1 unspecified atom stereocenters. The highest BCUT2D eigenvalue weighted by Gasteiger charge is 2.23. The van der Waals surface area contributed by atoms with Gasteiger partial charge in [-0.15, -0.1) is 0 Å². The van der Waals surface area contributed by atoms with Crippen LogP contribution in [0.2, 0.25) is 0 Å². The van der Waals surface area contributed by atoms with Crippen molar-refractivity contribution in [1.29, 1.82) is 0 Å². The lowest BCUT2D eigenvalue weighted by Crippen LogP contribution is -2.29. The number of benzene rings is 1. The summed E-state index contributed by atoms with van der Waals surface area (Å²) in [7, 11) is 3.49. The van der Waals surface area contributed by atoms with Crippen LogP contribution in [-0.2, 0) is 4.79 Å². The maximum Gasteiger partial charge on any atom is 0.226 e. The molecule has 0 saturated carbocycles. The first-order valence-electron chi connectivity index (χ1n) is 4.89. The summed E-state index contributed by atoms with van der Waals surface area (Å²) in [6.45, 7) is 0. The lowest BCUT2D eigenvalue weighted by atomic mass is 9.97. The summed E-state index contributed by atoms with van der Waals surface area (Å²) < 4.78 is 5.16. The van der Waals surface area contributed by atoms with E-state index in [0.717, 1.165) is 17.0 Å². The van der Waals surface area contributed by atoms with Gasteiger partial charge in [0, 0.05) is 18.2 Å². The third-order valence-electron chi connectivity index (χ3n) is 2.65. The lowest BCUT2D eigenvalue weighted by Gasteiger charge is -2.25. The van der Waals surface area contributed by atoms with E-state index in [4.69, 9.17) is 4.74 Å². The average Bonchev–Trinajstić information content (AvgIpc) is 2.27. The second kappa shape index (κ2) is 3.90. The average molecular weight is 206 g/mol. The molecule has 0 saturated heterocycles. The summed E-state index contributed by atoms with van der Waals surface area (Å²) in [5.41, 5.74) is 1.95. The minimum absolute atomic E-state index is 0.0482. The lowest BCUT2D eigenvalue weighted by molar-refractivity contribution is -0.117. The monoisotopic (exact) mass is 206 g/mol. The van der Waals surface area contributed by atoms with Crippen LogP contribution >= 0.6 is 0 Å². The van der Waals surface area contributed by atoms with Crippen molar-refractivity contribution in [1.82, 2.24) is 5.32 Å². The van der Waals surface area contributed by atoms with E-state index >= 15 is 0 Å². The number of nitrogens with one attached hydrogen (secondary N) is 2. The van der Waals surface area contributed by atoms with Gasteiger partial charge in [0.15, 0.2) is 0 Å². The molecule has 0 bridgehead atoms. The number of anilines is 1. The van der Waals surface area contributed by atoms with E-state index in [0.29, 0.717) is 6.42 Å². The van der Waals surface area contributed by atoms with Crippen molar-refractivity contribution in [2.75, 3.05) is 19.5 Å². The fraction of sp³-hybridized carbons (Fsp3) is 0.364. The Morgan fingerprint density at radius 1 is 1.53 bits per heavy atom. The Hall–Kier alpha value is -1.55. The minimum Gasteiger partial charge on any atom is -0.497 e. The zero-order chi connectivity index (χ0) is 10.8. The molecule has 1 heterocycles. The molecule has 4 nitrogen and oxygen atoms in total. The molecular formula is C11H14N2O2. The number of ether oxygens (including phenoxy) is 1. The molecule has 4 heteroatoms. The van der Waals surface area contributed by atoms with Crippen molar-refractivity contribution in [3.8, 4) is 5.75 Å². The molecule has 1 aliphatic rings. The SMILES string of the molecule is CNC1CC(=O)Nc2ccc(OC)cc21. The van der Waals surface area contributed by atoms with E-state index in [1.807, 2.05) is 25.2 Å². The summed E-state index contributed by atoms with van der Waals surface area (Å²) >= 11 is 0. The maximum absolute atomic E-state index is 11.4. The fourth-order valence-electron chi connectivity index (χ4n) is 1.82. The van der Waals surface area contributed by atoms with Gasteiger partial charge in [-0.3, -0.25) is 4.79 Å². The predicted molar refractivity (Wildman–Crippen MR) is 58.0 cm³/mol. The Bertz CT molecular complexity index is 390. The molecular weight excluding hydrogens is 192 g/mol. The highest BCUT2D eigenvalue weighted by Crippen LogP contribution is 2.32. The summed E-state index contributed by atoms with van der Waals surface area (Å²) in [5.74, 6) is 0.858. The molecule has 1 aromatic rings. The van der Waals surface area contributed by atoms with Gasteiger partial charge in [0.05, 0.1) is 7.11 Å². The molecule has 0 aliphatic carbocycles. The zero-order valence-corrected chi connectivity index (χ0v) is 8.83. The quantitative estimate of drug-likeness (QED) is 0.766. The van der Waals surface area contributed by atoms with Gasteiger partial charge in [0.1, 0.15) is 5.75 Å². The van der Waals surface area contributed by atoms with Gasteiger partial charge in [-0.25, -0.2) is 0 Å². The van der Waals surface area contributed by atoms with Gasteiger partial charge < -0.3 is 15.4 Å². The first-order valence-corrected chi connectivity index (χ1v) is 4.89. The molecule has 0 spiro atoms. The summed E-state index contributed by atoms with van der Waals surface area (Å²) in [6, 6.07) is 5.74. The molecule has 0 fully saturated rings. The number of rotatable bonds is 2. The number of methoxy groups -OCH3 is 1. The second-order valence-electron chi connectivity index (χ2n) is 3.55. The van der Waals surface area contributed by atoms with Crippen LogP contribution in [0.3, 0.4) is 0 Å². The van der Waals surface area contributed by atoms with Crippen molar-refractivity contribution in [2.45, 2.75) is 12.5 Å². The van der Waals surface area contributed by atoms with Crippen LogP contribution in [0.4, 0.5) is 5.69 Å². The van der Waals surface area contributed by atoms with Gasteiger partial charge in [-0.1, -0.05) is 0 Å². The molecule has 2 rings (SSSR count). The Labute approximate surface area is 88.6 Å². The number of hydrogen-bond acceptors (Lipinski definition) is 3. The van der Waals surface area contributed by atoms with E-state index in [2.05, 4.69) is 10.6 Å². The van der Waals surface area contributed by atoms with Crippen LogP contribution in [0.5, 0.6) is 5.75 Å². The number of carbonyl (C=O) groups is 1. The Morgan fingerprint density at radius 2 is 2.33 bits per heavy atom. The number of amides is 1. The fourth-order valence-corrected chi connectivity index (χ4v) is 1.82. The molecule has 1 aromatic carbocycles. The predicted octanol–water partition coefficient (Wildman–Crippen LogP) is 1.30. The molecule has 1 amide bonds. The van der Waals surface area contributed by atoms with Gasteiger partial charge >= 0.3 is 0 Å². The summed E-state index contributed by atoms with van der Waals surface area (Å²) in [6.07, 6.45) is 0.469. The summed E-state index contributed by atoms with van der Waals surface area (Å²) in [5, 5.41) is 5.97. The first-order chi connectivity index (χ1) is 7.24. The highest BCUT2D eigenvalue weighted by molar-refractivity contribution is 5.94. The van der Waals surface area contributed by atoms with Crippen LogP contribution in [0.15, 0.2) is 18.2 Å². The second-order valence-corrected chi connectivity index (χ2v) is 3.55. The standard InChI is InChI=1S/C11H14N2O2/c1-12-10-6-11(14)13-9-4-3-7(15-2)5-8(9)10/h3-5,10,12H,6H2,1-2H3,(H,13,14). The minimum atomic E-state index is 0.0482. The Morgan fingerprint density at radius 3 is 3.00 bits per heavy atom. The number of carbonyl (C=O) groups excluding carboxylic acids is 1. The smallest absolute Gasteiger partial charge is 0.226 e. The topological polar surface area (TPSA) is 50.4 Å². The molecule has 2 N–H and O–H groups in total. The zero-order valence-electron chi connectivity index (χ0n) is 8.83. The van der Waals surface area contributed by atoms with Gasteiger partial charge in [-0.2, -0.15) is 0 Å². The molecule has 15 heavy (non-hydrogen) atoms. The van der Waals surface area contributed by atoms with Crippen molar-refractivity contribution in [2.24, 2.45) is 0 Å². The first kappa shape index (κ1) is 9.98. The van der Waals surface area contributed by atoms with Gasteiger partial charge in [0.25, 0.3) is 0 Å². The highest BCUT2D eigenvalue weighted by atomic mass is 16.5. The molecule has 0 aromatic heterocycles. The molecule has 80 valence electrons. The van der Waals surface area contributed by atoms with E-state index in [1.54, 1.807) is 7.11 Å². The maximum atomic E-state index is 11.4. The van der Waals surface area contributed by atoms with Gasteiger partial charge in [0.2, 0.25) is 5.91 Å². The Kier molecular flexibility index (Phi) is 2.60. The van der Waals surface area contributed by atoms with Crippen molar-refractivity contribution in [3.63, 3.8) is 0 Å². The van der Waals surface area contributed by atoms with E-state index < -0.39 is 0 Å². The van der Waals surface area contributed by atoms with Crippen molar-refractivity contribution in [3.05, 3.63) is 23.8 Å². The largest absolute Gasteiger partial charge is 0.497 e. The van der Waals surface area contributed by atoms with Crippen molar-refractivity contribution >= 4 is 11.6 Å². The molecule has 0 radical (unpaired) electrons. The van der Waals surface area contributed by atoms with E-state index in [1.165, 1.54) is 0 Å². The van der Waals surface area contributed by atoms with Crippen LogP contribution in [0, 0.1) is 0 Å². The molecule has 1 atom stereocenters. The number of fused-ring (bicyclic) bond motifs is 1. The molecule has 1 aliphatic heterocycles. The Balaban J connectivity index is 2.42. The van der Waals surface area contributed by atoms with Crippen LogP contribution < -0.4 is 15.4 Å². The summed E-state index contributed by atoms with van der Waals surface area (Å²) in [4.78, 5) is 11.4. The normalized spacial score (nSPS) is 19.3. The van der Waals surface area contributed by atoms with Crippen LogP contribution in [0.1, 0.15) is 18.0 Å². The third kappa shape index (κ3) is 1.80. The van der Waals surface area contributed by atoms with Crippen LogP contribution in [-0.4, -0.2) is 20.1 Å². The van der Waals surface area contributed by atoms with Gasteiger partial charge in [-0.05, 0) is 30.8 Å². The van der Waals surface area contributed by atoms with E-state index in [-0.39, 0.29) is 11.9 Å². The van der Waals surface area contributed by atoms with Crippen molar-refractivity contribution < 1.29 is 9.53 Å². The van der Waals surface area contributed by atoms with E-state index in [9.17, 15) is 4.79 Å². The van der Waals surface area contributed by atoms with Crippen LogP contribution in [0.25, 0.3) is 0 Å². The third-order valence-corrected chi connectivity index (χ3v) is 2.65.